The van der Waals surface area contributed by atoms with E-state index in [0.29, 0.717) is 17.0 Å². The molecule has 7 nitrogen and oxygen atoms in total. The molecule has 1 N–H and O–H groups in total. The lowest BCUT2D eigenvalue weighted by Gasteiger charge is -2.32. The third kappa shape index (κ3) is 5.26. The predicted molar refractivity (Wildman–Crippen MR) is 126 cm³/mol. The lowest BCUT2D eigenvalue weighted by Crippen LogP contribution is -2.44. The Balaban J connectivity index is 1.99. The third-order valence-electron chi connectivity index (χ3n) is 4.89. The fourth-order valence-corrected chi connectivity index (χ4v) is 4.03. The van der Waals surface area contributed by atoms with Crippen LogP contribution < -0.4 is 14.8 Å². The number of rotatable bonds is 8. The first-order chi connectivity index (χ1) is 15.3. The first kappa shape index (κ1) is 23.7. The molecular formula is C23H23ClN2O5S. The van der Waals surface area contributed by atoms with E-state index in [2.05, 4.69) is 10.3 Å². The number of carbonyl (C=O) groups excluding carboxylic acids is 2. The van der Waals surface area contributed by atoms with Crippen molar-refractivity contribution in [2.75, 3.05) is 20.3 Å². The van der Waals surface area contributed by atoms with E-state index in [9.17, 15) is 9.59 Å². The average Bonchev–Trinajstić information content (AvgIpc) is 2.77. The molecule has 32 heavy (non-hydrogen) atoms. The van der Waals surface area contributed by atoms with Crippen LogP contribution in [0.15, 0.2) is 47.5 Å². The molecule has 0 saturated carbocycles. The number of Topliss-reactive ketones (excluding diaryl/α,β-unsaturated/α-hetero) is 1. The van der Waals surface area contributed by atoms with Gasteiger partial charge in [0.25, 0.3) is 0 Å². The van der Waals surface area contributed by atoms with Crippen LogP contribution in [0.25, 0.3) is 0 Å². The molecule has 0 amide bonds. The number of methoxy groups -OCH3 is 1. The minimum absolute atomic E-state index is 0.0784. The number of nitrogens with zero attached hydrogens (tertiary/aromatic N) is 1. The molecule has 0 aliphatic carbocycles. The van der Waals surface area contributed by atoms with Gasteiger partial charge in [0.15, 0.2) is 23.2 Å². The summed E-state index contributed by atoms with van der Waals surface area (Å²) in [4.78, 5) is 28.8. The number of aliphatic imine (C=N–C) groups is 1. The second-order valence-electron chi connectivity index (χ2n) is 7.01. The summed E-state index contributed by atoms with van der Waals surface area (Å²) in [5.41, 5.74) is 2.07. The Bertz CT molecular complexity index is 1060. The first-order valence-electron chi connectivity index (χ1n) is 9.96. The van der Waals surface area contributed by atoms with Gasteiger partial charge in [-0.25, -0.2) is 9.79 Å². The minimum atomic E-state index is -0.601. The first-order valence-corrected chi connectivity index (χ1v) is 10.7. The van der Waals surface area contributed by atoms with E-state index < -0.39 is 17.9 Å². The molecule has 3 rings (SSSR count). The summed E-state index contributed by atoms with van der Waals surface area (Å²) in [7, 11) is 1.46. The van der Waals surface area contributed by atoms with E-state index in [1.165, 1.54) is 14.0 Å². The zero-order valence-electron chi connectivity index (χ0n) is 17.9. The largest absolute Gasteiger partial charge is 0.493 e. The molecule has 2 atom stereocenters. The van der Waals surface area contributed by atoms with Crippen LogP contribution in [0.1, 0.15) is 31.0 Å². The van der Waals surface area contributed by atoms with Gasteiger partial charge in [-0.3, -0.25) is 4.79 Å². The number of benzene rings is 2. The fourth-order valence-electron chi connectivity index (χ4n) is 3.53. The highest BCUT2D eigenvalue weighted by Crippen LogP contribution is 2.40. The summed E-state index contributed by atoms with van der Waals surface area (Å²) in [6.45, 7) is 3.16. The number of hydrogen-bond acceptors (Lipinski definition) is 6. The van der Waals surface area contributed by atoms with E-state index >= 15 is 0 Å². The highest BCUT2D eigenvalue weighted by atomic mass is 35.5. The Kier molecular flexibility index (Phi) is 7.82. The molecule has 2 aromatic carbocycles. The number of halogens is 1. The average molecular weight is 475 g/mol. The molecule has 0 spiro atoms. The number of carbonyl (C=O) groups is 2. The van der Waals surface area contributed by atoms with Crippen molar-refractivity contribution < 1.29 is 23.8 Å². The molecule has 0 bridgehead atoms. The minimum Gasteiger partial charge on any atom is -0.493 e. The van der Waals surface area contributed by atoms with Crippen LogP contribution in [-0.4, -0.2) is 42.9 Å². The molecule has 9 heteroatoms. The maximum absolute atomic E-state index is 12.7. The maximum atomic E-state index is 12.7. The second-order valence-corrected chi connectivity index (χ2v) is 7.80. The van der Waals surface area contributed by atoms with Crippen molar-refractivity contribution in [1.29, 1.82) is 0 Å². The van der Waals surface area contributed by atoms with Crippen LogP contribution in [-0.2, 0) is 14.3 Å². The normalized spacial score (nSPS) is 17.8. The van der Waals surface area contributed by atoms with Gasteiger partial charge in [0.05, 0.1) is 36.4 Å². The summed E-state index contributed by atoms with van der Waals surface area (Å²) in [5.74, 6) is -0.674. The third-order valence-corrected chi connectivity index (χ3v) is 5.38. The van der Waals surface area contributed by atoms with Gasteiger partial charge < -0.3 is 19.5 Å². The SMILES string of the molecule is CCOC(=O)COc1c(Cl)cc(C2NC(=S)N=C(c3ccccc3)C2C(C)=O)cc1OC. The Morgan fingerprint density at radius 1 is 1.22 bits per heavy atom. The number of esters is 1. The quantitative estimate of drug-likeness (QED) is 0.458. The number of ether oxygens (including phenoxy) is 3. The van der Waals surface area contributed by atoms with Crippen molar-refractivity contribution in [3.05, 3.63) is 58.6 Å². The molecular weight excluding hydrogens is 452 g/mol. The van der Waals surface area contributed by atoms with Gasteiger partial charge in [-0.1, -0.05) is 41.9 Å². The number of hydrogen-bond donors (Lipinski definition) is 1. The molecule has 2 aromatic rings. The number of ketones is 1. The van der Waals surface area contributed by atoms with E-state index in [4.69, 9.17) is 38.0 Å². The Hall–Kier alpha value is -2.97. The van der Waals surface area contributed by atoms with Crippen LogP contribution in [0.4, 0.5) is 0 Å². The zero-order chi connectivity index (χ0) is 23.3. The molecule has 0 saturated heterocycles. The second kappa shape index (κ2) is 10.6. The molecule has 2 unspecified atom stereocenters. The Morgan fingerprint density at radius 3 is 2.56 bits per heavy atom. The zero-order valence-corrected chi connectivity index (χ0v) is 19.5. The summed E-state index contributed by atoms with van der Waals surface area (Å²) in [5, 5.41) is 3.61. The van der Waals surface area contributed by atoms with Crippen molar-refractivity contribution in [1.82, 2.24) is 5.32 Å². The van der Waals surface area contributed by atoms with Gasteiger partial charge in [0.2, 0.25) is 0 Å². The van der Waals surface area contributed by atoms with E-state index in [1.807, 2.05) is 30.3 Å². The molecule has 1 aliphatic heterocycles. The summed E-state index contributed by atoms with van der Waals surface area (Å²) >= 11 is 11.8. The molecule has 1 aliphatic rings. The standard InChI is InChI=1S/C23H23ClN2O5S/c1-4-30-18(28)12-31-22-16(24)10-15(11-17(22)29-3)21-19(13(2)27)20(25-23(32)26-21)14-8-6-5-7-9-14/h5-11,19,21H,4,12H2,1-3H3,(H,26,32). The molecule has 0 aromatic heterocycles. The van der Waals surface area contributed by atoms with Crippen LogP contribution in [0.2, 0.25) is 5.02 Å². The summed E-state index contributed by atoms with van der Waals surface area (Å²) < 4.78 is 15.9. The summed E-state index contributed by atoms with van der Waals surface area (Å²) in [6, 6.07) is 12.3. The lowest BCUT2D eigenvalue weighted by atomic mass is 9.82. The van der Waals surface area contributed by atoms with E-state index in [1.54, 1.807) is 19.1 Å². The van der Waals surface area contributed by atoms with Gasteiger partial charge in [-0.05, 0) is 49.3 Å². The highest BCUT2D eigenvalue weighted by Gasteiger charge is 2.37. The van der Waals surface area contributed by atoms with Gasteiger partial charge in [-0.15, -0.1) is 0 Å². The fraction of sp³-hybridized carbons (Fsp3) is 0.304. The van der Waals surface area contributed by atoms with Crippen LogP contribution in [0, 0.1) is 5.92 Å². The van der Waals surface area contributed by atoms with Crippen molar-refractivity contribution >= 4 is 46.4 Å². The lowest BCUT2D eigenvalue weighted by molar-refractivity contribution is -0.145. The monoisotopic (exact) mass is 474 g/mol. The van der Waals surface area contributed by atoms with Gasteiger partial charge in [-0.2, -0.15) is 0 Å². The predicted octanol–water partition coefficient (Wildman–Crippen LogP) is 3.91. The molecule has 0 fully saturated rings. The van der Waals surface area contributed by atoms with Crippen molar-refractivity contribution in [2.24, 2.45) is 10.9 Å². The number of thiocarbonyl (C=S) groups is 1. The Labute approximate surface area is 196 Å². The molecule has 168 valence electrons. The topological polar surface area (TPSA) is 86.2 Å². The van der Waals surface area contributed by atoms with Crippen LogP contribution in [0.5, 0.6) is 11.5 Å². The smallest absolute Gasteiger partial charge is 0.344 e. The van der Waals surface area contributed by atoms with Crippen LogP contribution >= 0.6 is 23.8 Å². The van der Waals surface area contributed by atoms with E-state index in [-0.39, 0.29) is 34.9 Å². The van der Waals surface area contributed by atoms with Crippen LogP contribution in [0.3, 0.4) is 0 Å². The van der Waals surface area contributed by atoms with E-state index in [0.717, 1.165) is 5.56 Å². The van der Waals surface area contributed by atoms with Crippen molar-refractivity contribution in [3.8, 4) is 11.5 Å². The van der Waals surface area contributed by atoms with Crippen molar-refractivity contribution in [3.63, 3.8) is 0 Å². The van der Waals surface area contributed by atoms with Crippen molar-refractivity contribution in [2.45, 2.75) is 19.9 Å². The van der Waals surface area contributed by atoms with Gasteiger partial charge in [0, 0.05) is 0 Å². The molecule has 1 heterocycles. The number of nitrogens with one attached hydrogen (secondary N) is 1. The summed E-state index contributed by atoms with van der Waals surface area (Å²) in [6.07, 6.45) is 0. The molecule has 0 radical (unpaired) electrons. The highest BCUT2D eigenvalue weighted by molar-refractivity contribution is 7.80. The van der Waals surface area contributed by atoms with Gasteiger partial charge >= 0.3 is 5.97 Å². The maximum Gasteiger partial charge on any atom is 0.344 e. The Morgan fingerprint density at radius 2 is 1.94 bits per heavy atom. The van der Waals surface area contributed by atoms with Gasteiger partial charge in [0.1, 0.15) is 5.78 Å².